The number of halogens is 1. The summed E-state index contributed by atoms with van der Waals surface area (Å²) in [6.07, 6.45) is 6.93. The topological polar surface area (TPSA) is 29.1 Å². The molecule has 0 aromatic heterocycles. The normalized spacial score (nSPS) is 21.8. The lowest BCUT2D eigenvalue weighted by Crippen LogP contribution is -2.27. The highest BCUT2D eigenvalue weighted by molar-refractivity contribution is 6.27. The lowest BCUT2D eigenvalue weighted by atomic mass is 9.99. The van der Waals surface area contributed by atoms with E-state index >= 15 is 0 Å². The Bertz CT molecular complexity index is 233. The van der Waals surface area contributed by atoms with Gasteiger partial charge in [0.1, 0.15) is 5.88 Å². The molecule has 0 aromatic rings. The van der Waals surface area contributed by atoms with Crippen LogP contribution < -0.4 is 5.32 Å². The fourth-order valence-corrected chi connectivity index (χ4v) is 1.17. The van der Waals surface area contributed by atoms with Crippen LogP contribution in [-0.2, 0) is 4.79 Å². The number of alkyl halides is 1. The van der Waals surface area contributed by atoms with E-state index in [4.69, 9.17) is 11.6 Å². The molecule has 1 rings (SSSR count). The second kappa shape index (κ2) is 4.31. The van der Waals surface area contributed by atoms with E-state index in [0.717, 1.165) is 12.1 Å². The molecule has 1 N–H and O–H groups in total. The lowest BCUT2D eigenvalue weighted by molar-refractivity contribution is -0.118. The lowest BCUT2D eigenvalue weighted by Gasteiger charge is -2.17. The minimum atomic E-state index is -0.134. The predicted octanol–water partition coefficient (Wildman–Crippen LogP) is 1.82. The van der Waals surface area contributed by atoms with Gasteiger partial charge in [0, 0.05) is 5.70 Å². The number of hydrogen-bond donors (Lipinski definition) is 1. The van der Waals surface area contributed by atoms with Crippen LogP contribution in [-0.4, -0.2) is 11.8 Å². The maximum absolute atomic E-state index is 10.9. The van der Waals surface area contributed by atoms with E-state index < -0.39 is 0 Å². The van der Waals surface area contributed by atoms with Crippen molar-refractivity contribution in [2.24, 2.45) is 5.92 Å². The molecule has 0 bridgehead atoms. The molecular formula is C9H12ClNO. The Morgan fingerprint density at radius 2 is 2.58 bits per heavy atom. The third-order valence-electron chi connectivity index (χ3n) is 1.84. The van der Waals surface area contributed by atoms with E-state index in [1.54, 1.807) is 0 Å². The first-order valence-corrected chi connectivity index (χ1v) is 4.50. The molecule has 0 saturated carbocycles. The second-order valence-electron chi connectivity index (χ2n) is 2.87. The van der Waals surface area contributed by atoms with E-state index in [0.29, 0.717) is 5.92 Å². The van der Waals surface area contributed by atoms with Crippen LogP contribution in [0.4, 0.5) is 0 Å². The highest BCUT2D eigenvalue weighted by Crippen LogP contribution is 2.16. The molecule has 12 heavy (non-hydrogen) atoms. The number of carbonyl (C=O) groups excluding carboxylic acids is 1. The zero-order chi connectivity index (χ0) is 8.97. The molecule has 0 aromatic carbocycles. The summed E-state index contributed by atoms with van der Waals surface area (Å²) in [5.41, 5.74) is 0.961. The number of rotatable bonds is 2. The average Bonchev–Trinajstić information content (AvgIpc) is 2.09. The number of nitrogens with one attached hydrogen (secondary N) is 1. The van der Waals surface area contributed by atoms with Gasteiger partial charge in [0.05, 0.1) is 0 Å². The van der Waals surface area contributed by atoms with Gasteiger partial charge in [0.25, 0.3) is 0 Å². The third kappa shape index (κ3) is 2.38. The Morgan fingerprint density at radius 1 is 1.83 bits per heavy atom. The molecule has 0 spiro atoms. The van der Waals surface area contributed by atoms with Crippen molar-refractivity contribution in [3.63, 3.8) is 0 Å². The highest BCUT2D eigenvalue weighted by Gasteiger charge is 2.11. The fourth-order valence-electron chi connectivity index (χ4n) is 1.10. The summed E-state index contributed by atoms with van der Waals surface area (Å²) in [7, 11) is 0. The predicted molar refractivity (Wildman–Crippen MR) is 49.9 cm³/mol. The summed E-state index contributed by atoms with van der Waals surface area (Å²) < 4.78 is 0. The van der Waals surface area contributed by atoms with Gasteiger partial charge in [-0.2, -0.15) is 0 Å². The van der Waals surface area contributed by atoms with E-state index in [1.807, 2.05) is 12.2 Å². The van der Waals surface area contributed by atoms with Crippen molar-refractivity contribution in [1.29, 1.82) is 0 Å². The van der Waals surface area contributed by atoms with Crippen LogP contribution in [0.5, 0.6) is 0 Å². The van der Waals surface area contributed by atoms with E-state index in [-0.39, 0.29) is 11.8 Å². The van der Waals surface area contributed by atoms with Crippen LogP contribution in [0, 0.1) is 5.92 Å². The molecule has 0 heterocycles. The van der Waals surface area contributed by atoms with Crippen molar-refractivity contribution in [2.45, 2.75) is 13.3 Å². The molecule has 1 unspecified atom stereocenters. The second-order valence-corrected chi connectivity index (χ2v) is 3.14. The molecule has 2 nitrogen and oxygen atoms in total. The van der Waals surface area contributed by atoms with Gasteiger partial charge in [-0.3, -0.25) is 4.79 Å². The average molecular weight is 186 g/mol. The van der Waals surface area contributed by atoms with Crippen molar-refractivity contribution in [1.82, 2.24) is 5.32 Å². The highest BCUT2D eigenvalue weighted by atomic mass is 35.5. The monoisotopic (exact) mass is 185 g/mol. The molecule has 0 saturated heterocycles. The summed E-state index contributed by atoms with van der Waals surface area (Å²) in [6.45, 7) is 2.07. The molecule has 1 atom stereocenters. The number of amides is 1. The van der Waals surface area contributed by atoms with Gasteiger partial charge in [-0.05, 0) is 18.4 Å². The van der Waals surface area contributed by atoms with Crippen LogP contribution >= 0.6 is 11.6 Å². The number of carbonyl (C=O) groups is 1. The summed E-state index contributed by atoms with van der Waals surface area (Å²) in [5, 5.41) is 2.76. The van der Waals surface area contributed by atoms with Crippen molar-refractivity contribution in [3.05, 3.63) is 23.9 Å². The van der Waals surface area contributed by atoms with Gasteiger partial charge >= 0.3 is 0 Å². The van der Waals surface area contributed by atoms with Crippen LogP contribution in [0.3, 0.4) is 0 Å². The molecule has 0 aliphatic heterocycles. The molecule has 66 valence electrons. The molecule has 0 radical (unpaired) electrons. The van der Waals surface area contributed by atoms with Gasteiger partial charge < -0.3 is 5.32 Å². The fraction of sp³-hybridized carbons (Fsp3) is 0.444. The first-order valence-electron chi connectivity index (χ1n) is 3.96. The molecule has 1 aliphatic carbocycles. The van der Waals surface area contributed by atoms with Gasteiger partial charge in [-0.25, -0.2) is 0 Å². The number of hydrogen-bond acceptors (Lipinski definition) is 1. The minimum absolute atomic E-state index is 0.0216. The Kier molecular flexibility index (Phi) is 3.35. The van der Waals surface area contributed by atoms with Crippen molar-refractivity contribution in [3.8, 4) is 0 Å². The quantitative estimate of drug-likeness (QED) is 0.654. The largest absolute Gasteiger partial charge is 0.328 e. The molecule has 1 aliphatic rings. The van der Waals surface area contributed by atoms with Gasteiger partial charge in [-0.15, -0.1) is 11.6 Å². The summed E-state index contributed by atoms with van der Waals surface area (Å²) in [5.74, 6) is 0.278. The smallest absolute Gasteiger partial charge is 0.239 e. The summed E-state index contributed by atoms with van der Waals surface area (Å²) in [4.78, 5) is 10.9. The minimum Gasteiger partial charge on any atom is -0.328 e. The molecule has 0 fully saturated rings. The summed E-state index contributed by atoms with van der Waals surface area (Å²) >= 11 is 5.36. The first-order chi connectivity index (χ1) is 5.74. The van der Waals surface area contributed by atoms with E-state index in [9.17, 15) is 4.79 Å². The van der Waals surface area contributed by atoms with Crippen LogP contribution in [0.1, 0.15) is 13.3 Å². The van der Waals surface area contributed by atoms with Gasteiger partial charge in [0.15, 0.2) is 0 Å². The van der Waals surface area contributed by atoms with Crippen LogP contribution in [0.2, 0.25) is 0 Å². The SMILES string of the molecule is CC1CC=CC=C1NC(=O)CCl. The Morgan fingerprint density at radius 3 is 3.17 bits per heavy atom. The molecular weight excluding hydrogens is 174 g/mol. The van der Waals surface area contributed by atoms with Gasteiger partial charge in [-0.1, -0.05) is 19.1 Å². The zero-order valence-corrected chi connectivity index (χ0v) is 7.77. The first kappa shape index (κ1) is 9.33. The van der Waals surface area contributed by atoms with Crippen molar-refractivity contribution < 1.29 is 4.79 Å². The van der Waals surface area contributed by atoms with Crippen LogP contribution in [0.15, 0.2) is 23.9 Å². The maximum atomic E-state index is 10.9. The Hall–Kier alpha value is -0.760. The Balaban J connectivity index is 2.55. The van der Waals surface area contributed by atoms with Crippen LogP contribution in [0.25, 0.3) is 0 Å². The Labute approximate surface area is 77.3 Å². The van der Waals surface area contributed by atoms with Crippen molar-refractivity contribution >= 4 is 17.5 Å². The zero-order valence-electron chi connectivity index (χ0n) is 7.01. The summed E-state index contributed by atoms with van der Waals surface area (Å²) in [6, 6.07) is 0. The molecule has 3 heteroatoms. The third-order valence-corrected chi connectivity index (χ3v) is 2.08. The van der Waals surface area contributed by atoms with E-state index in [1.165, 1.54) is 0 Å². The standard InChI is InChI=1S/C9H12ClNO/c1-7-4-2-3-5-8(7)11-9(12)6-10/h2-3,5,7H,4,6H2,1H3,(H,11,12). The maximum Gasteiger partial charge on any atom is 0.239 e. The molecule has 1 amide bonds. The van der Waals surface area contributed by atoms with Crippen molar-refractivity contribution in [2.75, 3.05) is 5.88 Å². The van der Waals surface area contributed by atoms with Gasteiger partial charge in [0.2, 0.25) is 5.91 Å². The van der Waals surface area contributed by atoms with E-state index in [2.05, 4.69) is 18.3 Å². The number of allylic oxidation sites excluding steroid dienone is 4.